The third kappa shape index (κ3) is 5.14. The van der Waals surface area contributed by atoms with Crippen molar-refractivity contribution in [2.45, 2.75) is 13.3 Å². The minimum Gasteiger partial charge on any atom is -0.493 e. The lowest BCUT2D eigenvalue weighted by molar-refractivity contribution is 0.317. The molecule has 4 nitrogen and oxygen atoms in total. The van der Waals surface area contributed by atoms with Crippen LogP contribution in [-0.4, -0.2) is 17.9 Å². The van der Waals surface area contributed by atoms with Crippen LogP contribution in [0.4, 0.5) is 0 Å². The van der Waals surface area contributed by atoms with E-state index in [1.807, 2.05) is 18.2 Å². The minimum atomic E-state index is 0.134. The van der Waals surface area contributed by atoms with Gasteiger partial charge in [0.05, 0.1) is 12.8 Å². The summed E-state index contributed by atoms with van der Waals surface area (Å²) in [6, 6.07) is 5.72. The van der Waals surface area contributed by atoms with Crippen LogP contribution in [0.1, 0.15) is 18.9 Å². The van der Waals surface area contributed by atoms with Gasteiger partial charge in [-0.3, -0.25) is 5.43 Å². The Kier molecular flexibility index (Phi) is 5.93. The van der Waals surface area contributed by atoms with E-state index in [2.05, 4.69) is 45.6 Å². The molecule has 6 heteroatoms. The van der Waals surface area contributed by atoms with E-state index < -0.39 is 0 Å². The van der Waals surface area contributed by atoms with Gasteiger partial charge in [-0.2, -0.15) is 5.10 Å². The Hall–Kier alpha value is -1.14. The largest absolute Gasteiger partial charge is 0.493 e. The summed E-state index contributed by atoms with van der Waals surface area (Å²) in [5.74, 6) is 0.773. The Labute approximate surface area is 114 Å². The average molecular weight is 316 g/mol. The number of nitrogens with zero attached hydrogens (tertiary/aromatic N) is 1. The third-order valence-corrected chi connectivity index (χ3v) is 2.40. The zero-order valence-electron chi connectivity index (χ0n) is 9.44. The van der Waals surface area contributed by atoms with Crippen molar-refractivity contribution in [3.63, 3.8) is 0 Å². The maximum atomic E-state index is 5.61. The molecule has 92 valence electrons. The van der Waals surface area contributed by atoms with E-state index in [0.29, 0.717) is 6.61 Å². The second kappa shape index (κ2) is 7.24. The molecule has 0 amide bonds. The molecule has 1 rings (SSSR count). The predicted octanol–water partition coefficient (Wildman–Crippen LogP) is 2.40. The standard InChI is InChI=1S/C11H14BrN3OS/c1-2-5-16-10-6-9(12)4-3-8(10)7-14-15-11(13)17/h3-4,6-7H,2,5H2,1H3,(H3,13,15,17). The van der Waals surface area contributed by atoms with Crippen LogP contribution < -0.4 is 15.9 Å². The number of thiocarbonyl (C=S) groups is 1. The fourth-order valence-electron chi connectivity index (χ4n) is 1.12. The van der Waals surface area contributed by atoms with Crippen molar-refractivity contribution in [1.29, 1.82) is 0 Å². The number of halogens is 1. The molecule has 0 spiro atoms. The van der Waals surface area contributed by atoms with Crippen molar-refractivity contribution in [1.82, 2.24) is 5.43 Å². The Bertz CT molecular complexity index is 423. The molecule has 1 aromatic carbocycles. The first kappa shape index (κ1) is 13.9. The van der Waals surface area contributed by atoms with E-state index in [-0.39, 0.29) is 5.11 Å². The maximum Gasteiger partial charge on any atom is 0.184 e. The van der Waals surface area contributed by atoms with E-state index >= 15 is 0 Å². The summed E-state index contributed by atoms with van der Waals surface area (Å²) in [6.45, 7) is 2.72. The third-order valence-electron chi connectivity index (χ3n) is 1.82. The lowest BCUT2D eigenvalue weighted by atomic mass is 10.2. The summed E-state index contributed by atoms with van der Waals surface area (Å²) >= 11 is 8.05. The Balaban J connectivity index is 2.81. The van der Waals surface area contributed by atoms with E-state index in [0.717, 1.165) is 22.2 Å². The summed E-state index contributed by atoms with van der Waals surface area (Å²) in [7, 11) is 0. The van der Waals surface area contributed by atoms with Gasteiger partial charge in [-0.1, -0.05) is 22.9 Å². The molecule has 0 saturated carbocycles. The van der Waals surface area contributed by atoms with Crippen molar-refractivity contribution >= 4 is 39.5 Å². The molecule has 0 aromatic heterocycles. The Morgan fingerprint density at radius 1 is 1.65 bits per heavy atom. The van der Waals surface area contributed by atoms with Crippen LogP contribution in [-0.2, 0) is 0 Å². The smallest absolute Gasteiger partial charge is 0.184 e. The molecular formula is C11H14BrN3OS. The molecule has 0 saturated heterocycles. The van der Waals surface area contributed by atoms with Crippen molar-refractivity contribution in [2.24, 2.45) is 10.8 Å². The lowest BCUT2D eigenvalue weighted by Crippen LogP contribution is -2.24. The molecule has 0 unspecified atom stereocenters. The van der Waals surface area contributed by atoms with Gasteiger partial charge in [0, 0.05) is 10.0 Å². The summed E-state index contributed by atoms with van der Waals surface area (Å²) in [4.78, 5) is 0. The average Bonchev–Trinajstić information content (AvgIpc) is 2.28. The van der Waals surface area contributed by atoms with Gasteiger partial charge >= 0.3 is 0 Å². The van der Waals surface area contributed by atoms with Crippen LogP contribution in [0.25, 0.3) is 0 Å². The number of rotatable bonds is 5. The highest BCUT2D eigenvalue weighted by atomic mass is 79.9. The number of hydrogen-bond acceptors (Lipinski definition) is 3. The first-order valence-corrected chi connectivity index (χ1v) is 6.34. The molecule has 0 atom stereocenters. The van der Waals surface area contributed by atoms with Crippen molar-refractivity contribution in [2.75, 3.05) is 6.61 Å². The molecule has 0 aliphatic carbocycles. The molecule has 0 bridgehead atoms. The maximum absolute atomic E-state index is 5.61. The molecule has 0 heterocycles. The van der Waals surface area contributed by atoms with Gasteiger partial charge in [0.25, 0.3) is 0 Å². The number of benzene rings is 1. The van der Waals surface area contributed by atoms with Gasteiger partial charge in [-0.15, -0.1) is 0 Å². The lowest BCUT2D eigenvalue weighted by Gasteiger charge is -2.08. The first-order chi connectivity index (χ1) is 8.13. The molecule has 0 fully saturated rings. The Morgan fingerprint density at radius 2 is 2.41 bits per heavy atom. The Morgan fingerprint density at radius 3 is 3.06 bits per heavy atom. The van der Waals surface area contributed by atoms with Crippen LogP contribution in [0, 0.1) is 0 Å². The zero-order valence-corrected chi connectivity index (χ0v) is 11.8. The van der Waals surface area contributed by atoms with E-state index in [4.69, 9.17) is 10.5 Å². The van der Waals surface area contributed by atoms with Gasteiger partial charge in [0.2, 0.25) is 0 Å². The number of nitrogens with two attached hydrogens (primary N) is 1. The van der Waals surface area contributed by atoms with Gasteiger partial charge in [-0.05, 0) is 36.8 Å². The molecule has 0 aliphatic heterocycles. The number of nitrogens with one attached hydrogen (secondary N) is 1. The van der Waals surface area contributed by atoms with Gasteiger partial charge in [0.1, 0.15) is 5.75 Å². The predicted molar refractivity (Wildman–Crippen MR) is 77.4 cm³/mol. The second-order valence-corrected chi connectivity index (χ2v) is 4.62. The molecule has 1 aromatic rings. The second-order valence-electron chi connectivity index (χ2n) is 3.26. The topological polar surface area (TPSA) is 59.6 Å². The normalized spacial score (nSPS) is 10.5. The molecule has 17 heavy (non-hydrogen) atoms. The number of ether oxygens (including phenoxy) is 1. The fraction of sp³-hybridized carbons (Fsp3) is 0.273. The highest BCUT2D eigenvalue weighted by Gasteiger charge is 2.02. The van der Waals surface area contributed by atoms with Crippen LogP contribution in [0.2, 0.25) is 0 Å². The molecule has 3 N–H and O–H groups in total. The summed E-state index contributed by atoms with van der Waals surface area (Å²) in [6.07, 6.45) is 2.57. The quantitative estimate of drug-likeness (QED) is 0.497. The van der Waals surface area contributed by atoms with Crippen LogP contribution in [0.5, 0.6) is 5.75 Å². The fourth-order valence-corrected chi connectivity index (χ4v) is 1.51. The van der Waals surface area contributed by atoms with Crippen molar-refractivity contribution in [3.8, 4) is 5.75 Å². The van der Waals surface area contributed by atoms with E-state index in [9.17, 15) is 0 Å². The van der Waals surface area contributed by atoms with E-state index in [1.54, 1.807) is 6.21 Å². The first-order valence-electron chi connectivity index (χ1n) is 5.14. The number of hydrazone groups is 1. The van der Waals surface area contributed by atoms with Gasteiger partial charge < -0.3 is 10.5 Å². The van der Waals surface area contributed by atoms with Gasteiger partial charge in [-0.25, -0.2) is 0 Å². The molecular weight excluding hydrogens is 302 g/mol. The van der Waals surface area contributed by atoms with Crippen molar-refractivity contribution < 1.29 is 4.74 Å². The van der Waals surface area contributed by atoms with Crippen molar-refractivity contribution in [3.05, 3.63) is 28.2 Å². The summed E-state index contributed by atoms with van der Waals surface area (Å²) < 4.78 is 6.57. The van der Waals surface area contributed by atoms with Crippen LogP contribution in [0.15, 0.2) is 27.8 Å². The van der Waals surface area contributed by atoms with Gasteiger partial charge in [0.15, 0.2) is 5.11 Å². The van der Waals surface area contributed by atoms with Crippen LogP contribution in [0.3, 0.4) is 0 Å². The summed E-state index contributed by atoms with van der Waals surface area (Å²) in [5.41, 5.74) is 8.64. The monoisotopic (exact) mass is 315 g/mol. The van der Waals surface area contributed by atoms with E-state index in [1.165, 1.54) is 0 Å². The highest BCUT2D eigenvalue weighted by molar-refractivity contribution is 9.10. The highest BCUT2D eigenvalue weighted by Crippen LogP contribution is 2.22. The molecule has 0 aliphatic rings. The molecule has 0 radical (unpaired) electrons. The number of hydrogen-bond donors (Lipinski definition) is 2. The summed E-state index contributed by atoms with van der Waals surface area (Å²) in [5, 5.41) is 4.04. The minimum absolute atomic E-state index is 0.134. The SMILES string of the molecule is CCCOc1cc(Br)ccc1C=NNC(N)=S. The zero-order chi connectivity index (χ0) is 12.7. The van der Waals surface area contributed by atoms with Crippen LogP contribution >= 0.6 is 28.1 Å².